The summed E-state index contributed by atoms with van der Waals surface area (Å²) in [7, 11) is 0. The number of carbonyl (C=O) groups excluding carboxylic acids is 1. The Morgan fingerprint density at radius 3 is 2.71 bits per heavy atom. The molecule has 0 N–H and O–H groups in total. The molecule has 1 aromatic rings. The van der Waals surface area contributed by atoms with Crippen LogP contribution in [0.1, 0.15) is 30.6 Å². The van der Waals surface area contributed by atoms with Gasteiger partial charge in [-0.25, -0.2) is 4.79 Å². The van der Waals surface area contributed by atoms with E-state index in [1.54, 1.807) is 11.8 Å². The molecule has 0 amide bonds. The summed E-state index contributed by atoms with van der Waals surface area (Å²) >= 11 is 1.75. The first-order valence-corrected chi connectivity index (χ1v) is 7.30. The highest BCUT2D eigenvalue weighted by molar-refractivity contribution is 7.98. The first-order valence-electron chi connectivity index (χ1n) is 5.90. The minimum Gasteiger partial charge on any atom is -0.464 e. The number of ether oxygens (including phenoxy) is 1. The van der Waals surface area contributed by atoms with Crippen molar-refractivity contribution in [3.63, 3.8) is 0 Å². The second kappa shape index (κ2) is 6.74. The number of thioether (sulfide) groups is 1. The largest absolute Gasteiger partial charge is 0.464 e. The fraction of sp³-hybridized carbons (Fsp3) is 0.615. The van der Waals surface area contributed by atoms with Crippen molar-refractivity contribution in [3.8, 4) is 0 Å². The van der Waals surface area contributed by atoms with Crippen LogP contribution < -0.4 is 0 Å². The molecule has 1 rings (SSSR count). The minimum atomic E-state index is -0.184. The Kier molecular flexibility index (Phi) is 5.62. The van der Waals surface area contributed by atoms with E-state index in [-0.39, 0.29) is 12.0 Å². The van der Waals surface area contributed by atoms with Gasteiger partial charge < -0.3 is 9.30 Å². The van der Waals surface area contributed by atoms with Gasteiger partial charge in [-0.2, -0.15) is 11.8 Å². The Labute approximate surface area is 108 Å². The molecule has 4 heteroatoms. The maximum Gasteiger partial charge on any atom is 0.329 e. The third kappa shape index (κ3) is 3.80. The van der Waals surface area contributed by atoms with Crippen LogP contribution in [0.3, 0.4) is 0 Å². The third-order valence-electron chi connectivity index (χ3n) is 2.68. The van der Waals surface area contributed by atoms with Gasteiger partial charge in [0.05, 0.1) is 6.61 Å². The predicted octanol–water partition coefficient (Wildman–Crippen LogP) is 2.96. The van der Waals surface area contributed by atoms with E-state index >= 15 is 0 Å². The van der Waals surface area contributed by atoms with E-state index in [1.165, 1.54) is 5.56 Å². The third-order valence-corrected chi connectivity index (χ3v) is 3.32. The monoisotopic (exact) mass is 255 g/mol. The van der Waals surface area contributed by atoms with E-state index in [4.69, 9.17) is 4.74 Å². The van der Waals surface area contributed by atoms with Gasteiger partial charge in [0.25, 0.3) is 0 Å². The fourth-order valence-electron chi connectivity index (χ4n) is 1.94. The molecule has 1 aromatic heterocycles. The molecule has 0 fully saturated rings. The molecule has 3 nitrogen and oxygen atoms in total. The van der Waals surface area contributed by atoms with Gasteiger partial charge in [-0.05, 0) is 50.8 Å². The molecule has 0 unspecified atom stereocenters. The number of hydrogen-bond acceptors (Lipinski definition) is 3. The summed E-state index contributed by atoms with van der Waals surface area (Å²) in [5.74, 6) is 0.834. The average molecular weight is 255 g/mol. The zero-order chi connectivity index (χ0) is 12.8. The summed E-state index contributed by atoms with van der Waals surface area (Å²) in [5.41, 5.74) is 2.29. The second-order valence-electron chi connectivity index (χ2n) is 4.12. The second-order valence-corrected chi connectivity index (χ2v) is 5.10. The van der Waals surface area contributed by atoms with Gasteiger partial charge in [0.2, 0.25) is 0 Å². The molecule has 0 aliphatic carbocycles. The molecule has 96 valence electrons. The Bertz CT molecular complexity index is 373. The number of esters is 1. The van der Waals surface area contributed by atoms with Gasteiger partial charge >= 0.3 is 5.97 Å². The van der Waals surface area contributed by atoms with Crippen LogP contribution in [-0.4, -0.2) is 29.2 Å². The maximum absolute atomic E-state index is 12.0. The quantitative estimate of drug-likeness (QED) is 0.732. The zero-order valence-electron chi connectivity index (χ0n) is 11.0. The number of aromatic nitrogens is 1. The molecule has 17 heavy (non-hydrogen) atoms. The lowest BCUT2D eigenvalue weighted by Crippen LogP contribution is -2.23. The van der Waals surface area contributed by atoms with Gasteiger partial charge in [-0.15, -0.1) is 0 Å². The highest BCUT2D eigenvalue weighted by atomic mass is 32.2. The van der Waals surface area contributed by atoms with Crippen LogP contribution >= 0.6 is 11.8 Å². The van der Waals surface area contributed by atoms with Crippen LogP contribution in [0.4, 0.5) is 0 Å². The first kappa shape index (κ1) is 14.2. The molecular formula is C13H21NO2S. The molecular weight excluding hydrogens is 234 g/mol. The molecule has 0 radical (unpaired) electrons. The van der Waals surface area contributed by atoms with Gasteiger partial charge in [-0.1, -0.05) is 0 Å². The molecule has 0 aromatic carbocycles. The number of aryl methyl sites for hydroxylation is 2. The van der Waals surface area contributed by atoms with Crippen molar-refractivity contribution < 1.29 is 9.53 Å². The molecule has 0 bridgehead atoms. The van der Waals surface area contributed by atoms with Crippen LogP contribution in [0.5, 0.6) is 0 Å². The molecule has 0 spiro atoms. The van der Waals surface area contributed by atoms with E-state index < -0.39 is 0 Å². The molecule has 0 aliphatic rings. The van der Waals surface area contributed by atoms with Crippen LogP contribution in [-0.2, 0) is 9.53 Å². The summed E-state index contributed by atoms with van der Waals surface area (Å²) in [6.07, 6.45) is 4.89. The van der Waals surface area contributed by atoms with E-state index in [1.807, 2.05) is 31.5 Å². The van der Waals surface area contributed by atoms with Crippen LogP contribution in [0.25, 0.3) is 0 Å². The van der Waals surface area contributed by atoms with Crippen LogP contribution in [0, 0.1) is 13.8 Å². The normalized spacial score (nSPS) is 12.5. The summed E-state index contributed by atoms with van der Waals surface area (Å²) in [5, 5.41) is 0. The summed E-state index contributed by atoms with van der Waals surface area (Å²) in [6, 6.07) is 1.90. The standard InChI is InChI=1S/C13H21NO2S/c1-5-16-13(15)12(6-7-17-4)14-9-10(2)8-11(14)3/h8-9,12H,5-7H2,1-4H3/t12-/m0/s1. The lowest BCUT2D eigenvalue weighted by atomic mass is 10.2. The summed E-state index contributed by atoms with van der Waals surface area (Å²) in [6.45, 7) is 6.35. The van der Waals surface area contributed by atoms with Crippen LogP contribution in [0.2, 0.25) is 0 Å². The van der Waals surface area contributed by atoms with Crippen molar-refractivity contribution in [1.29, 1.82) is 0 Å². The lowest BCUT2D eigenvalue weighted by Gasteiger charge is -2.18. The maximum atomic E-state index is 12.0. The number of nitrogens with zero attached hydrogens (tertiary/aromatic N) is 1. The smallest absolute Gasteiger partial charge is 0.329 e. The lowest BCUT2D eigenvalue weighted by molar-refractivity contribution is -0.147. The number of carbonyl (C=O) groups is 1. The number of rotatable bonds is 6. The molecule has 0 saturated carbocycles. The van der Waals surface area contributed by atoms with Crippen molar-refractivity contribution in [3.05, 3.63) is 23.5 Å². The highest BCUT2D eigenvalue weighted by Crippen LogP contribution is 2.20. The van der Waals surface area contributed by atoms with Gasteiger partial charge in [0.1, 0.15) is 6.04 Å². The van der Waals surface area contributed by atoms with Crippen molar-refractivity contribution >= 4 is 17.7 Å². The van der Waals surface area contributed by atoms with Gasteiger partial charge in [0.15, 0.2) is 0 Å². The molecule has 0 aliphatic heterocycles. The van der Waals surface area contributed by atoms with E-state index in [0.717, 1.165) is 17.9 Å². The van der Waals surface area contributed by atoms with Gasteiger partial charge in [-0.3, -0.25) is 0 Å². The van der Waals surface area contributed by atoms with Crippen molar-refractivity contribution in [2.24, 2.45) is 0 Å². The number of hydrogen-bond donors (Lipinski definition) is 0. The van der Waals surface area contributed by atoms with Gasteiger partial charge in [0, 0.05) is 11.9 Å². The fourth-order valence-corrected chi connectivity index (χ4v) is 2.40. The topological polar surface area (TPSA) is 31.2 Å². The van der Waals surface area contributed by atoms with E-state index in [9.17, 15) is 4.79 Å². The summed E-state index contributed by atoms with van der Waals surface area (Å²) in [4.78, 5) is 12.0. The first-order chi connectivity index (χ1) is 8.10. The van der Waals surface area contributed by atoms with Crippen molar-refractivity contribution in [2.75, 3.05) is 18.6 Å². The average Bonchev–Trinajstić information content (AvgIpc) is 2.59. The molecule has 1 atom stereocenters. The summed E-state index contributed by atoms with van der Waals surface area (Å²) < 4.78 is 7.18. The zero-order valence-corrected chi connectivity index (χ0v) is 11.8. The van der Waals surface area contributed by atoms with Crippen molar-refractivity contribution in [1.82, 2.24) is 4.57 Å². The molecule has 1 heterocycles. The minimum absolute atomic E-state index is 0.125. The Hall–Kier alpha value is -0.900. The SMILES string of the molecule is CCOC(=O)[C@H](CCSC)n1cc(C)cc1C. The van der Waals surface area contributed by atoms with E-state index in [0.29, 0.717) is 6.61 Å². The predicted molar refractivity (Wildman–Crippen MR) is 72.6 cm³/mol. The Morgan fingerprint density at radius 1 is 1.53 bits per heavy atom. The molecule has 0 saturated heterocycles. The Balaban J connectivity index is 2.88. The van der Waals surface area contributed by atoms with Crippen LogP contribution in [0.15, 0.2) is 12.3 Å². The highest BCUT2D eigenvalue weighted by Gasteiger charge is 2.22. The Morgan fingerprint density at radius 2 is 2.24 bits per heavy atom. The van der Waals surface area contributed by atoms with E-state index in [2.05, 4.69) is 12.3 Å². The van der Waals surface area contributed by atoms with Crippen molar-refractivity contribution in [2.45, 2.75) is 33.2 Å².